The Morgan fingerprint density at radius 1 is 1.14 bits per heavy atom. The van der Waals surface area contributed by atoms with E-state index in [1.54, 1.807) is 6.92 Å². The fourth-order valence-electron chi connectivity index (χ4n) is 3.96. The molecule has 184 valence electrons. The van der Waals surface area contributed by atoms with Crippen molar-refractivity contribution in [3.63, 3.8) is 0 Å². The van der Waals surface area contributed by atoms with E-state index in [2.05, 4.69) is 10.3 Å². The topological polar surface area (TPSA) is 106 Å². The molecule has 1 fully saturated rings. The van der Waals surface area contributed by atoms with E-state index in [0.29, 0.717) is 29.6 Å². The van der Waals surface area contributed by atoms with Crippen LogP contribution in [-0.2, 0) is 14.8 Å². The van der Waals surface area contributed by atoms with E-state index < -0.39 is 21.9 Å². The Balaban J connectivity index is 1.53. The second-order valence-electron chi connectivity index (χ2n) is 8.37. The van der Waals surface area contributed by atoms with Gasteiger partial charge in [-0.2, -0.15) is 4.31 Å². The van der Waals surface area contributed by atoms with Gasteiger partial charge in [0.1, 0.15) is 4.88 Å². The van der Waals surface area contributed by atoms with Gasteiger partial charge in [0.2, 0.25) is 10.0 Å². The van der Waals surface area contributed by atoms with Gasteiger partial charge in [-0.1, -0.05) is 48.6 Å². The van der Waals surface area contributed by atoms with E-state index in [-0.39, 0.29) is 22.2 Å². The molecule has 0 aliphatic carbocycles. The molecule has 1 amide bonds. The zero-order valence-electron chi connectivity index (χ0n) is 19.6. The van der Waals surface area contributed by atoms with Crippen LogP contribution in [0.1, 0.15) is 46.7 Å². The Bertz CT molecular complexity index is 1300. The van der Waals surface area contributed by atoms with Gasteiger partial charge in [-0.3, -0.25) is 10.1 Å². The lowest BCUT2D eigenvalue weighted by molar-refractivity contribution is 0.0532. The van der Waals surface area contributed by atoms with Gasteiger partial charge in [0.25, 0.3) is 5.91 Å². The number of piperidine rings is 1. The van der Waals surface area contributed by atoms with Crippen molar-refractivity contribution in [2.24, 2.45) is 5.92 Å². The molecule has 1 aliphatic heterocycles. The Kier molecular flexibility index (Phi) is 7.63. The van der Waals surface area contributed by atoms with Crippen molar-refractivity contribution < 1.29 is 22.7 Å². The molecule has 0 bridgehead atoms. The van der Waals surface area contributed by atoms with Crippen LogP contribution < -0.4 is 5.32 Å². The predicted octanol–water partition coefficient (Wildman–Crippen LogP) is 4.66. The number of benzene rings is 2. The van der Waals surface area contributed by atoms with Crippen molar-refractivity contribution in [1.82, 2.24) is 9.29 Å². The summed E-state index contributed by atoms with van der Waals surface area (Å²) in [7, 11) is -3.60. The summed E-state index contributed by atoms with van der Waals surface area (Å²) in [6.07, 6.45) is 1.86. The quantitative estimate of drug-likeness (QED) is 0.461. The molecule has 2 heterocycles. The molecule has 4 rings (SSSR count). The summed E-state index contributed by atoms with van der Waals surface area (Å²) in [6.45, 7) is 4.99. The summed E-state index contributed by atoms with van der Waals surface area (Å²) >= 11 is 1.03. The number of sulfonamides is 1. The van der Waals surface area contributed by atoms with E-state index in [9.17, 15) is 18.0 Å². The summed E-state index contributed by atoms with van der Waals surface area (Å²) in [5.41, 5.74) is 1.44. The molecular formula is C25H27N3O5S2. The average molecular weight is 514 g/mol. The normalized spacial score (nSPS) is 16.6. The van der Waals surface area contributed by atoms with Crippen LogP contribution in [0.5, 0.6) is 0 Å². The van der Waals surface area contributed by atoms with Gasteiger partial charge in [-0.15, -0.1) is 0 Å². The van der Waals surface area contributed by atoms with Crippen LogP contribution >= 0.6 is 11.3 Å². The van der Waals surface area contributed by atoms with Crippen molar-refractivity contribution in [2.75, 3.05) is 25.0 Å². The van der Waals surface area contributed by atoms with Crippen molar-refractivity contribution in [3.8, 4) is 11.3 Å². The highest BCUT2D eigenvalue weighted by Crippen LogP contribution is 2.32. The first-order valence-corrected chi connectivity index (χ1v) is 13.7. The lowest BCUT2D eigenvalue weighted by atomic mass is 10.0. The smallest absolute Gasteiger partial charge is 0.350 e. The van der Waals surface area contributed by atoms with E-state index in [1.165, 1.54) is 28.6 Å². The van der Waals surface area contributed by atoms with E-state index >= 15 is 0 Å². The van der Waals surface area contributed by atoms with Crippen molar-refractivity contribution in [1.29, 1.82) is 0 Å². The lowest BCUT2D eigenvalue weighted by Crippen LogP contribution is -2.39. The number of nitrogens with zero attached hydrogens (tertiary/aromatic N) is 2. The molecule has 1 atom stereocenters. The number of esters is 1. The van der Waals surface area contributed by atoms with Gasteiger partial charge in [-0.25, -0.2) is 18.2 Å². The van der Waals surface area contributed by atoms with Gasteiger partial charge in [0, 0.05) is 24.2 Å². The second kappa shape index (κ2) is 10.7. The summed E-state index contributed by atoms with van der Waals surface area (Å²) in [6, 6.07) is 15.0. The first-order chi connectivity index (χ1) is 16.8. The molecule has 1 unspecified atom stereocenters. The number of ether oxygens (including phenoxy) is 1. The first kappa shape index (κ1) is 25.0. The maximum Gasteiger partial charge on any atom is 0.350 e. The fraction of sp³-hybridized carbons (Fsp3) is 0.320. The zero-order valence-corrected chi connectivity index (χ0v) is 21.2. The van der Waals surface area contributed by atoms with Crippen molar-refractivity contribution in [2.45, 2.75) is 31.6 Å². The van der Waals surface area contributed by atoms with E-state index in [0.717, 1.165) is 29.7 Å². The van der Waals surface area contributed by atoms with E-state index in [4.69, 9.17) is 4.74 Å². The number of amides is 1. The number of hydrogen-bond acceptors (Lipinski definition) is 7. The highest BCUT2D eigenvalue weighted by molar-refractivity contribution is 7.89. The highest BCUT2D eigenvalue weighted by atomic mass is 32.2. The number of carbonyl (C=O) groups excluding carboxylic acids is 2. The summed E-state index contributed by atoms with van der Waals surface area (Å²) in [5, 5.41) is 2.96. The summed E-state index contributed by atoms with van der Waals surface area (Å²) in [4.78, 5) is 30.2. The van der Waals surface area contributed by atoms with Crippen LogP contribution in [0.15, 0.2) is 59.5 Å². The molecule has 1 saturated heterocycles. The fourth-order valence-corrected chi connectivity index (χ4v) is 6.44. The van der Waals surface area contributed by atoms with Gasteiger partial charge < -0.3 is 4.74 Å². The van der Waals surface area contributed by atoms with E-state index in [1.807, 2.05) is 37.3 Å². The highest BCUT2D eigenvalue weighted by Gasteiger charge is 2.29. The molecule has 0 radical (unpaired) electrons. The molecule has 1 aromatic heterocycles. The molecule has 0 spiro atoms. The first-order valence-electron chi connectivity index (χ1n) is 11.4. The Morgan fingerprint density at radius 3 is 2.51 bits per heavy atom. The number of thiazole rings is 1. The third-order valence-electron chi connectivity index (χ3n) is 5.73. The molecule has 2 aromatic carbocycles. The number of rotatable bonds is 7. The van der Waals surface area contributed by atoms with Crippen LogP contribution in [-0.4, -0.2) is 49.3 Å². The van der Waals surface area contributed by atoms with Crippen molar-refractivity contribution in [3.05, 3.63) is 65.0 Å². The third kappa shape index (κ3) is 5.61. The minimum atomic E-state index is -3.60. The summed E-state index contributed by atoms with van der Waals surface area (Å²) < 4.78 is 32.6. The molecule has 35 heavy (non-hydrogen) atoms. The van der Waals surface area contributed by atoms with Crippen molar-refractivity contribution >= 4 is 38.4 Å². The van der Waals surface area contributed by atoms with Gasteiger partial charge in [-0.05, 0) is 49.9 Å². The largest absolute Gasteiger partial charge is 0.462 e. The monoisotopic (exact) mass is 513 g/mol. The van der Waals surface area contributed by atoms with Crippen LogP contribution in [0.3, 0.4) is 0 Å². The maximum atomic E-state index is 13.0. The second-order valence-corrected chi connectivity index (χ2v) is 11.3. The molecule has 1 N–H and O–H groups in total. The SMILES string of the molecule is CCOC(=O)c1sc(NC(=O)c2ccc(S(=O)(=O)N3CCCC(C)C3)cc2)nc1-c1ccccc1. The average Bonchev–Trinajstić information content (AvgIpc) is 3.29. The van der Waals surface area contributed by atoms with Crippen LogP contribution in [0.4, 0.5) is 5.13 Å². The standard InChI is InChI=1S/C25H27N3O5S2/c1-3-33-24(30)22-21(18-9-5-4-6-10-18)26-25(34-22)27-23(29)19-11-13-20(14-12-19)35(31,32)28-15-7-8-17(2)16-28/h4-6,9-14,17H,3,7-8,15-16H2,1-2H3,(H,26,27,29). The van der Waals surface area contributed by atoms with Crippen LogP contribution in [0.2, 0.25) is 0 Å². The van der Waals surface area contributed by atoms with Crippen LogP contribution in [0, 0.1) is 5.92 Å². The predicted molar refractivity (Wildman–Crippen MR) is 135 cm³/mol. The number of hydrogen-bond donors (Lipinski definition) is 1. The van der Waals surface area contributed by atoms with Crippen LogP contribution in [0.25, 0.3) is 11.3 Å². The minimum Gasteiger partial charge on any atom is -0.462 e. The Morgan fingerprint density at radius 2 is 1.86 bits per heavy atom. The summed E-state index contributed by atoms with van der Waals surface area (Å²) in [5.74, 6) is -0.641. The third-order valence-corrected chi connectivity index (χ3v) is 8.56. The molecular weight excluding hydrogens is 486 g/mol. The zero-order chi connectivity index (χ0) is 25.0. The Hall–Kier alpha value is -3.08. The number of nitrogens with one attached hydrogen (secondary N) is 1. The maximum absolute atomic E-state index is 13.0. The molecule has 8 nitrogen and oxygen atoms in total. The Labute approximate surface area is 209 Å². The molecule has 3 aromatic rings. The van der Waals surface area contributed by atoms with Gasteiger partial charge in [0.05, 0.1) is 17.2 Å². The van der Waals surface area contributed by atoms with Gasteiger partial charge in [0.15, 0.2) is 5.13 Å². The number of aromatic nitrogens is 1. The molecule has 10 heteroatoms. The number of anilines is 1. The minimum absolute atomic E-state index is 0.161. The molecule has 1 aliphatic rings. The molecule has 0 saturated carbocycles. The number of carbonyl (C=O) groups is 2. The lowest BCUT2D eigenvalue weighted by Gasteiger charge is -2.30. The van der Waals surface area contributed by atoms with Gasteiger partial charge >= 0.3 is 5.97 Å².